The van der Waals surface area contributed by atoms with Crippen molar-refractivity contribution in [3.63, 3.8) is 0 Å². The van der Waals surface area contributed by atoms with Gasteiger partial charge in [-0.2, -0.15) is 0 Å². The largest absolute Gasteiger partial charge is 0.372 e. The van der Waals surface area contributed by atoms with Crippen LogP contribution in [0.2, 0.25) is 0 Å². The number of para-hydroxylation sites is 2. The van der Waals surface area contributed by atoms with E-state index in [1.807, 2.05) is 12.1 Å². The molecule has 0 amide bonds. The summed E-state index contributed by atoms with van der Waals surface area (Å²) in [6.45, 7) is 11.1. The van der Waals surface area contributed by atoms with Crippen molar-refractivity contribution in [2.45, 2.75) is 70.8 Å². The first-order valence-electron chi connectivity index (χ1n) is 12.8. The van der Waals surface area contributed by atoms with E-state index in [9.17, 15) is 4.79 Å². The Labute approximate surface area is 209 Å². The van der Waals surface area contributed by atoms with Crippen molar-refractivity contribution in [2.24, 2.45) is 0 Å². The van der Waals surface area contributed by atoms with Gasteiger partial charge in [0.2, 0.25) is 0 Å². The van der Waals surface area contributed by atoms with Gasteiger partial charge in [0.05, 0.1) is 17.4 Å². The molecule has 0 fully saturated rings. The summed E-state index contributed by atoms with van der Waals surface area (Å²) in [6, 6.07) is 25.7. The number of allylic oxidation sites excluding steroid dienone is 1. The van der Waals surface area contributed by atoms with Crippen LogP contribution in [0.25, 0.3) is 0 Å². The van der Waals surface area contributed by atoms with E-state index in [2.05, 4.69) is 106 Å². The molecule has 0 bridgehead atoms. The minimum atomic E-state index is -0.168. The number of hydrogen-bond donors (Lipinski definition) is 2. The van der Waals surface area contributed by atoms with Crippen molar-refractivity contribution in [3.05, 3.63) is 106 Å². The average molecular weight is 465 g/mol. The van der Waals surface area contributed by atoms with Gasteiger partial charge in [0, 0.05) is 17.7 Å². The summed E-state index contributed by atoms with van der Waals surface area (Å²) in [7, 11) is 0. The van der Waals surface area contributed by atoms with E-state index in [1.54, 1.807) is 0 Å². The third-order valence-corrected chi connectivity index (χ3v) is 7.49. The van der Waals surface area contributed by atoms with Gasteiger partial charge in [-0.05, 0) is 58.1 Å². The monoisotopic (exact) mass is 464 g/mol. The number of carbonyl (C=O) groups excluding carboxylic acids is 1. The Morgan fingerprint density at radius 1 is 0.800 bits per heavy atom. The zero-order chi connectivity index (χ0) is 24.7. The molecule has 3 aromatic rings. The Bertz CT molecular complexity index is 1260. The molecule has 3 heteroatoms. The van der Waals surface area contributed by atoms with E-state index in [1.165, 1.54) is 16.7 Å². The van der Waals surface area contributed by atoms with Crippen LogP contribution in [0.4, 0.5) is 11.4 Å². The number of nitrogens with one attached hydrogen (secondary N) is 2. The lowest BCUT2D eigenvalue weighted by Crippen LogP contribution is -2.27. The predicted molar refractivity (Wildman–Crippen MR) is 146 cm³/mol. The van der Waals surface area contributed by atoms with Crippen molar-refractivity contribution in [3.8, 4) is 0 Å². The van der Waals surface area contributed by atoms with E-state index in [-0.39, 0.29) is 23.2 Å². The normalized spacial score (nSPS) is 20.0. The Morgan fingerprint density at radius 2 is 1.43 bits per heavy atom. The fourth-order valence-electron chi connectivity index (χ4n) is 5.31. The molecule has 2 aliphatic rings. The number of anilines is 2. The second-order valence-electron chi connectivity index (χ2n) is 11.4. The summed E-state index contributed by atoms with van der Waals surface area (Å²) in [6.07, 6.45) is 1.36. The van der Waals surface area contributed by atoms with E-state index in [4.69, 9.17) is 0 Å². The molecule has 0 aromatic heterocycles. The van der Waals surface area contributed by atoms with Gasteiger partial charge in [0.15, 0.2) is 5.78 Å². The Balaban J connectivity index is 1.53. The fraction of sp³-hybridized carbons (Fsp3) is 0.344. The van der Waals surface area contributed by atoms with Crippen molar-refractivity contribution in [2.75, 3.05) is 10.6 Å². The van der Waals surface area contributed by atoms with Crippen molar-refractivity contribution in [1.82, 2.24) is 0 Å². The Kier molecular flexibility index (Phi) is 6.04. The third-order valence-electron chi connectivity index (χ3n) is 7.49. The molecule has 1 heterocycles. The van der Waals surface area contributed by atoms with Crippen LogP contribution >= 0.6 is 0 Å². The van der Waals surface area contributed by atoms with Crippen LogP contribution < -0.4 is 10.6 Å². The minimum absolute atomic E-state index is 0.118. The standard InChI is InChI=1S/C32H36N2O/c1-20(2)21-10-12-23(13-11-21)31-30-28(33-26-8-6-7-9-27(26)34-31)18-24(19-29(30)35)22-14-16-25(17-15-22)32(3,4)5/h6-17,20,24,31,33-34H,18-19H2,1-5H3. The molecule has 1 aliphatic heterocycles. The van der Waals surface area contributed by atoms with Crippen LogP contribution in [0.3, 0.4) is 0 Å². The lowest BCUT2D eigenvalue weighted by Gasteiger charge is -2.30. The number of hydrogen-bond acceptors (Lipinski definition) is 3. The topological polar surface area (TPSA) is 41.1 Å². The zero-order valence-corrected chi connectivity index (χ0v) is 21.5. The van der Waals surface area contributed by atoms with Gasteiger partial charge in [-0.1, -0.05) is 95.3 Å². The van der Waals surface area contributed by atoms with E-state index >= 15 is 0 Å². The number of benzene rings is 3. The van der Waals surface area contributed by atoms with Gasteiger partial charge in [0.1, 0.15) is 0 Å². The van der Waals surface area contributed by atoms with Crippen LogP contribution in [0, 0.1) is 0 Å². The predicted octanol–water partition coefficient (Wildman–Crippen LogP) is 8.09. The number of Topliss-reactive ketones (excluding diaryl/α,β-unsaturated/α-hetero) is 1. The molecule has 0 saturated heterocycles. The molecule has 1 aliphatic carbocycles. The first-order valence-corrected chi connectivity index (χ1v) is 12.8. The maximum Gasteiger partial charge on any atom is 0.163 e. The van der Waals surface area contributed by atoms with Gasteiger partial charge in [-0.25, -0.2) is 0 Å². The van der Waals surface area contributed by atoms with Crippen LogP contribution in [0.1, 0.15) is 87.6 Å². The second-order valence-corrected chi connectivity index (χ2v) is 11.4. The van der Waals surface area contributed by atoms with Crippen LogP contribution in [0.15, 0.2) is 84.1 Å². The second kappa shape index (κ2) is 9.03. The van der Waals surface area contributed by atoms with Crippen molar-refractivity contribution in [1.29, 1.82) is 0 Å². The van der Waals surface area contributed by atoms with Crippen LogP contribution in [-0.4, -0.2) is 5.78 Å². The maximum atomic E-state index is 13.8. The highest BCUT2D eigenvalue weighted by atomic mass is 16.1. The molecule has 3 aromatic carbocycles. The summed E-state index contributed by atoms with van der Waals surface area (Å²) < 4.78 is 0. The number of ketones is 1. The van der Waals surface area contributed by atoms with Crippen LogP contribution in [-0.2, 0) is 10.2 Å². The molecule has 0 saturated carbocycles. The quantitative estimate of drug-likeness (QED) is 0.411. The summed E-state index contributed by atoms with van der Waals surface area (Å²) in [5.74, 6) is 0.879. The van der Waals surface area contributed by atoms with Crippen LogP contribution in [0.5, 0.6) is 0 Å². The Morgan fingerprint density at radius 3 is 2.06 bits per heavy atom. The summed E-state index contributed by atoms with van der Waals surface area (Å²) in [4.78, 5) is 13.8. The smallest absolute Gasteiger partial charge is 0.163 e. The molecule has 0 spiro atoms. The number of carbonyl (C=O) groups is 1. The van der Waals surface area contributed by atoms with Gasteiger partial charge in [-0.15, -0.1) is 0 Å². The molecule has 35 heavy (non-hydrogen) atoms. The first kappa shape index (κ1) is 23.4. The van der Waals surface area contributed by atoms with E-state index < -0.39 is 0 Å². The molecule has 180 valence electrons. The zero-order valence-electron chi connectivity index (χ0n) is 21.5. The molecule has 2 atom stereocenters. The summed E-state index contributed by atoms with van der Waals surface area (Å²) in [5.41, 5.74) is 9.08. The van der Waals surface area contributed by atoms with Gasteiger partial charge in [-0.3, -0.25) is 4.79 Å². The molecular weight excluding hydrogens is 428 g/mol. The summed E-state index contributed by atoms with van der Waals surface area (Å²) >= 11 is 0. The van der Waals surface area contributed by atoms with Gasteiger partial charge < -0.3 is 10.6 Å². The molecule has 3 nitrogen and oxygen atoms in total. The maximum absolute atomic E-state index is 13.8. The molecule has 0 radical (unpaired) electrons. The fourth-order valence-corrected chi connectivity index (χ4v) is 5.31. The minimum Gasteiger partial charge on any atom is -0.372 e. The highest BCUT2D eigenvalue weighted by Crippen LogP contribution is 2.44. The highest BCUT2D eigenvalue weighted by molar-refractivity contribution is 6.01. The Hall–Kier alpha value is -3.33. The number of fused-ring (bicyclic) bond motifs is 1. The SMILES string of the molecule is CC(C)c1ccc(C2Nc3ccccc3NC3=C2C(=O)CC(c2ccc(C(C)(C)C)cc2)C3)cc1. The molecule has 2 N–H and O–H groups in total. The molecular formula is C32H36N2O. The van der Waals surface area contributed by atoms with Crippen molar-refractivity contribution < 1.29 is 4.79 Å². The average Bonchev–Trinajstić information content (AvgIpc) is 3.00. The third kappa shape index (κ3) is 4.65. The molecule has 5 rings (SSSR count). The van der Waals surface area contributed by atoms with Crippen molar-refractivity contribution >= 4 is 17.2 Å². The highest BCUT2D eigenvalue weighted by Gasteiger charge is 2.36. The lowest BCUT2D eigenvalue weighted by atomic mass is 9.77. The van der Waals surface area contributed by atoms with E-state index in [0.717, 1.165) is 34.6 Å². The van der Waals surface area contributed by atoms with Gasteiger partial charge in [0.25, 0.3) is 0 Å². The summed E-state index contributed by atoms with van der Waals surface area (Å²) in [5, 5.41) is 7.34. The molecule has 2 unspecified atom stereocenters. The number of rotatable bonds is 3. The lowest BCUT2D eigenvalue weighted by molar-refractivity contribution is -0.116. The van der Waals surface area contributed by atoms with Gasteiger partial charge >= 0.3 is 0 Å². The first-order chi connectivity index (χ1) is 16.7. The van der Waals surface area contributed by atoms with E-state index in [0.29, 0.717) is 12.3 Å².